The van der Waals surface area contributed by atoms with Crippen molar-refractivity contribution in [2.75, 3.05) is 25.9 Å². The molecule has 156 valence electrons. The van der Waals surface area contributed by atoms with E-state index in [-0.39, 0.29) is 24.6 Å². The molecule has 2 rings (SSSR count). The fourth-order valence-corrected chi connectivity index (χ4v) is 2.50. The molecule has 0 unspecified atom stereocenters. The van der Waals surface area contributed by atoms with Gasteiger partial charge in [0.2, 0.25) is 0 Å². The number of alkyl halides is 3. The Morgan fingerprint density at radius 1 is 1.14 bits per heavy atom. The highest BCUT2D eigenvalue weighted by molar-refractivity contribution is 5.88. The number of hydrogen-bond donors (Lipinski definition) is 1. The number of methoxy groups -OCH3 is 2. The van der Waals surface area contributed by atoms with E-state index >= 15 is 0 Å². The van der Waals surface area contributed by atoms with Crippen LogP contribution >= 0.6 is 0 Å². The lowest BCUT2D eigenvalue weighted by molar-refractivity contribution is -0.137. The fraction of sp³-hybridized carbons (Fsp3) is 0.250. The van der Waals surface area contributed by atoms with Gasteiger partial charge in [0, 0.05) is 12.7 Å². The Morgan fingerprint density at radius 2 is 1.86 bits per heavy atom. The van der Waals surface area contributed by atoms with Crippen LogP contribution in [0.1, 0.15) is 16.7 Å². The van der Waals surface area contributed by atoms with Crippen molar-refractivity contribution in [3.8, 4) is 0 Å². The summed E-state index contributed by atoms with van der Waals surface area (Å²) in [7, 11) is 2.69. The maximum absolute atomic E-state index is 12.8. The number of carbonyl (C=O) groups is 1. The third-order valence-electron chi connectivity index (χ3n) is 3.90. The van der Waals surface area contributed by atoms with E-state index in [1.165, 1.54) is 31.3 Å². The van der Waals surface area contributed by atoms with Crippen LogP contribution in [0.4, 0.5) is 23.7 Å². The number of hydroxylamine groups is 1. The van der Waals surface area contributed by atoms with E-state index in [0.29, 0.717) is 11.3 Å². The van der Waals surface area contributed by atoms with Gasteiger partial charge in [-0.15, -0.1) is 0 Å². The number of halogens is 3. The summed E-state index contributed by atoms with van der Waals surface area (Å²) in [6.45, 7) is 3.67. The number of carbonyl (C=O) groups excluding carboxylic acids is 1. The monoisotopic (exact) mass is 410 g/mol. The van der Waals surface area contributed by atoms with Crippen molar-refractivity contribution in [1.82, 2.24) is 5.48 Å². The standard InChI is InChI=1S/C20H21F3N2O4/c1-14(15-8-6-9-17(11-15)20(21,22)23)24-29-12-16-7-4-5-10-18(16)25(13-27-2)19(26)28-3/h4-11,24H,1,12-13H2,2-3H3. The largest absolute Gasteiger partial charge is 0.452 e. The van der Waals surface area contributed by atoms with E-state index in [0.717, 1.165) is 12.1 Å². The third-order valence-corrected chi connectivity index (χ3v) is 3.90. The van der Waals surface area contributed by atoms with E-state index < -0.39 is 17.8 Å². The van der Waals surface area contributed by atoms with Gasteiger partial charge in [-0.25, -0.2) is 4.79 Å². The molecule has 0 aromatic heterocycles. The zero-order valence-corrected chi connectivity index (χ0v) is 16.0. The second kappa shape index (κ2) is 9.94. The van der Waals surface area contributed by atoms with Crippen molar-refractivity contribution in [2.45, 2.75) is 12.8 Å². The number of benzene rings is 2. The van der Waals surface area contributed by atoms with Gasteiger partial charge >= 0.3 is 12.3 Å². The van der Waals surface area contributed by atoms with E-state index in [4.69, 9.17) is 14.3 Å². The van der Waals surface area contributed by atoms with E-state index in [9.17, 15) is 18.0 Å². The summed E-state index contributed by atoms with van der Waals surface area (Å²) in [6.07, 6.45) is -5.06. The molecule has 0 aliphatic carbocycles. The van der Waals surface area contributed by atoms with Crippen molar-refractivity contribution < 1.29 is 32.3 Å². The predicted octanol–water partition coefficient (Wildman–Crippen LogP) is 4.57. The molecule has 2 aromatic rings. The Bertz CT molecular complexity index is 856. The predicted molar refractivity (Wildman–Crippen MR) is 102 cm³/mol. The normalized spacial score (nSPS) is 11.1. The fourth-order valence-electron chi connectivity index (χ4n) is 2.50. The molecule has 0 saturated heterocycles. The Balaban J connectivity index is 2.08. The van der Waals surface area contributed by atoms with Crippen molar-refractivity contribution in [1.29, 1.82) is 0 Å². The molecule has 0 fully saturated rings. The second-order valence-corrected chi connectivity index (χ2v) is 5.89. The maximum Gasteiger partial charge on any atom is 0.416 e. The van der Waals surface area contributed by atoms with Crippen molar-refractivity contribution in [2.24, 2.45) is 0 Å². The first kappa shape index (κ1) is 22.3. The molecule has 0 aliphatic heterocycles. The summed E-state index contributed by atoms with van der Waals surface area (Å²) < 4.78 is 48.3. The van der Waals surface area contributed by atoms with Crippen LogP contribution in [-0.2, 0) is 27.1 Å². The number of rotatable bonds is 8. The third kappa shape index (κ3) is 5.97. The molecule has 0 radical (unpaired) electrons. The van der Waals surface area contributed by atoms with Crippen LogP contribution in [0, 0.1) is 0 Å². The van der Waals surface area contributed by atoms with Crippen molar-refractivity contribution in [3.63, 3.8) is 0 Å². The van der Waals surface area contributed by atoms with Crippen LogP contribution in [0.2, 0.25) is 0 Å². The van der Waals surface area contributed by atoms with Crippen molar-refractivity contribution >= 4 is 17.5 Å². The maximum atomic E-state index is 12.8. The van der Waals surface area contributed by atoms with Gasteiger partial charge in [0.15, 0.2) is 0 Å². The number of para-hydroxylation sites is 1. The summed E-state index contributed by atoms with van der Waals surface area (Å²) in [6, 6.07) is 11.6. The molecule has 6 nitrogen and oxygen atoms in total. The first-order chi connectivity index (χ1) is 13.8. The Morgan fingerprint density at radius 3 is 2.52 bits per heavy atom. The molecule has 9 heteroatoms. The van der Waals surface area contributed by atoms with Crippen LogP contribution in [0.25, 0.3) is 5.70 Å². The highest BCUT2D eigenvalue weighted by Gasteiger charge is 2.30. The van der Waals surface area contributed by atoms with Gasteiger partial charge in [0.25, 0.3) is 0 Å². The number of ether oxygens (including phenoxy) is 2. The molecule has 29 heavy (non-hydrogen) atoms. The summed E-state index contributed by atoms with van der Waals surface area (Å²) in [4.78, 5) is 18.7. The number of nitrogens with zero attached hydrogens (tertiary/aromatic N) is 1. The van der Waals surface area contributed by atoms with Gasteiger partial charge in [0.05, 0.1) is 24.1 Å². The van der Waals surface area contributed by atoms with Gasteiger partial charge in [0.1, 0.15) is 13.3 Å². The van der Waals surface area contributed by atoms with E-state index in [1.807, 2.05) is 0 Å². The minimum Gasteiger partial charge on any atom is -0.452 e. The molecule has 0 heterocycles. The van der Waals surface area contributed by atoms with Gasteiger partial charge in [-0.1, -0.05) is 36.9 Å². The molecule has 0 aliphatic rings. The van der Waals surface area contributed by atoms with Gasteiger partial charge in [-0.2, -0.15) is 13.2 Å². The Hall–Kier alpha value is -3.04. The number of nitrogens with one attached hydrogen (secondary N) is 1. The average Bonchev–Trinajstić information content (AvgIpc) is 2.71. The van der Waals surface area contributed by atoms with Crippen LogP contribution in [-0.4, -0.2) is 27.0 Å². The summed E-state index contributed by atoms with van der Waals surface area (Å²) >= 11 is 0. The highest BCUT2D eigenvalue weighted by atomic mass is 19.4. The lowest BCUT2D eigenvalue weighted by Crippen LogP contribution is -2.33. The van der Waals surface area contributed by atoms with Crippen LogP contribution in [0.3, 0.4) is 0 Å². The minimum absolute atomic E-state index is 0.00532. The number of amides is 1. The Labute approximate surface area is 166 Å². The molecule has 0 atom stereocenters. The van der Waals surface area contributed by atoms with Gasteiger partial charge < -0.3 is 9.47 Å². The molecule has 2 aromatic carbocycles. The molecule has 1 N–H and O–H groups in total. The minimum atomic E-state index is -4.45. The molecular formula is C20H21F3N2O4. The number of hydrogen-bond acceptors (Lipinski definition) is 5. The zero-order chi connectivity index (χ0) is 21.4. The van der Waals surface area contributed by atoms with E-state index in [2.05, 4.69) is 12.1 Å². The molecular weight excluding hydrogens is 389 g/mol. The smallest absolute Gasteiger partial charge is 0.416 e. The lowest BCUT2D eigenvalue weighted by atomic mass is 10.1. The molecule has 0 saturated carbocycles. The van der Waals surface area contributed by atoms with Crippen LogP contribution in [0.5, 0.6) is 0 Å². The summed E-state index contributed by atoms with van der Waals surface area (Å²) in [5.74, 6) is 0. The second-order valence-electron chi connectivity index (χ2n) is 5.89. The highest BCUT2D eigenvalue weighted by Crippen LogP contribution is 2.30. The van der Waals surface area contributed by atoms with Crippen LogP contribution in [0.15, 0.2) is 55.1 Å². The summed E-state index contributed by atoms with van der Waals surface area (Å²) in [5, 5.41) is 0. The molecule has 0 spiro atoms. The quantitative estimate of drug-likeness (QED) is 0.510. The summed E-state index contributed by atoms with van der Waals surface area (Å²) in [5.41, 5.74) is 3.29. The molecule has 0 bridgehead atoms. The van der Waals surface area contributed by atoms with E-state index in [1.54, 1.807) is 24.3 Å². The van der Waals surface area contributed by atoms with Crippen LogP contribution < -0.4 is 10.4 Å². The van der Waals surface area contributed by atoms with Gasteiger partial charge in [-0.3, -0.25) is 15.2 Å². The van der Waals surface area contributed by atoms with Gasteiger partial charge in [-0.05, 0) is 23.8 Å². The first-order valence-corrected chi connectivity index (χ1v) is 8.44. The first-order valence-electron chi connectivity index (χ1n) is 8.44. The zero-order valence-electron chi connectivity index (χ0n) is 16.0. The van der Waals surface area contributed by atoms with Crippen molar-refractivity contribution in [3.05, 3.63) is 71.8 Å². The average molecular weight is 410 g/mol. The topological polar surface area (TPSA) is 60.0 Å². The number of anilines is 1. The lowest BCUT2D eigenvalue weighted by Gasteiger charge is -2.23. The Kier molecular flexibility index (Phi) is 7.63. The SMILES string of the molecule is C=C(NOCc1ccccc1N(COC)C(=O)OC)c1cccc(C(F)(F)F)c1. The molecule has 1 amide bonds.